The Morgan fingerprint density at radius 3 is 2.29 bits per heavy atom. The summed E-state index contributed by atoms with van der Waals surface area (Å²) in [6.07, 6.45) is 4.50. The molecule has 4 rings (SSSR count). The fourth-order valence-electron chi connectivity index (χ4n) is 3.11. The summed E-state index contributed by atoms with van der Waals surface area (Å²) >= 11 is 6.01. The third-order valence-electron chi connectivity index (χ3n) is 4.47. The monoisotopic (exact) mass is 339 g/mol. The van der Waals surface area contributed by atoms with Gasteiger partial charge in [-0.2, -0.15) is 4.57 Å². The first-order valence-corrected chi connectivity index (χ1v) is 8.72. The number of oxazole rings is 1. The molecule has 1 fully saturated rings. The molecule has 0 unspecified atom stereocenters. The molecule has 0 radical (unpaired) electrons. The van der Waals surface area contributed by atoms with E-state index in [0.717, 1.165) is 41.1 Å². The quantitative estimate of drug-likeness (QED) is 0.640. The van der Waals surface area contributed by atoms with Crippen LogP contribution in [0.5, 0.6) is 0 Å². The van der Waals surface area contributed by atoms with Crippen molar-refractivity contribution in [3.05, 3.63) is 65.3 Å². The summed E-state index contributed by atoms with van der Waals surface area (Å²) in [7, 11) is 0. The van der Waals surface area contributed by atoms with E-state index >= 15 is 0 Å². The van der Waals surface area contributed by atoms with Crippen molar-refractivity contribution in [2.24, 2.45) is 0 Å². The highest BCUT2D eigenvalue weighted by atomic mass is 35.5. The number of aryl methyl sites for hydroxylation is 1. The standard InChI is InChI=1S/C20H20ClN2O/c1-15-4-10-18(11-5-15)23-14-19(16-6-8-17(21)9-7-16)24-20(23)22-12-2-3-13-22/h4-11,14H,2-3,12-13H2,1H3/q+1. The first-order chi connectivity index (χ1) is 11.7. The van der Waals surface area contributed by atoms with Gasteiger partial charge >= 0.3 is 6.01 Å². The lowest BCUT2D eigenvalue weighted by Gasteiger charge is -2.07. The van der Waals surface area contributed by atoms with E-state index in [1.165, 1.54) is 18.4 Å². The van der Waals surface area contributed by atoms with Crippen LogP contribution in [0.4, 0.5) is 6.01 Å². The molecular weight excluding hydrogens is 320 g/mol. The second kappa shape index (κ2) is 6.33. The molecule has 1 aromatic heterocycles. The van der Waals surface area contributed by atoms with Crippen molar-refractivity contribution >= 4 is 17.6 Å². The first kappa shape index (κ1) is 15.3. The molecule has 0 saturated carbocycles. The second-order valence-electron chi connectivity index (χ2n) is 6.28. The average molecular weight is 340 g/mol. The van der Waals surface area contributed by atoms with E-state index in [2.05, 4.69) is 46.9 Å². The zero-order valence-corrected chi connectivity index (χ0v) is 14.5. The third-order valence-corrected chi connectivity index (χ3v) is 4.72. The predicted molar refractivity (Wildman–Crippen MR) is 96.9 cm³/mol. The molecule has 4 heteroatoms. The predicted octanol–water partition coefficient (Wildman–Crippen LogP) is 4.79. The third kappa shape index (κ3) is 2.92. The molecule has 0 spiro atoms. The summed E-state index contributed by atoms with van der Waals surface area (Å²) in [6.45, 7) is 4.18. The van der Waals surface area contributed by atoms with Gasteiger partial charge < -0.3 is 4.42 Å². The molecule has 0 aliphatic carbocycles. The Bertz CT molecular complexity index is 831. The minimum Gasteiger partial charge on any atom is -0.387 e. The van der Waals surface area contributed by atoms with Crippen molar-refractivity contribution < 1.29 is 8.98 Å². The largest absolute Gasteiger partial charge is 0.462 e. The molecule has 24 heavy (non-hydrogen) atoms. The summed E-state index contributed by atoms with van der Waals surface area (Å²) in [5.74, 6) is 0.856. The van der Waals surface area contributed by atoms with Crippen LogP contribution in [-0.2, 0) is 0 Å². The number of aromatic nitrogens is 1. The minimum atomic E-state index is 0.733. The molecule has 3 aromatic rings. The number of rotatable bonds is 3. The molecule has 1 saturated heterocycles. The summed E-state index contributed by atoms with van der Waals surface area (Å²) in [6, 6.07) is 17.2. The molecule has 122 valence electrons. The van der Waals surface area contributed by atoms with Crippen LogP contribution in [0.25, 0.3) is 17.0 Å². The summed E-state index contributed by atoms with van der Waals surface area (Å²) in [4.78, 5) is 2.32. The topological polar surface area (TPSA) is 20.3 Å². The van der Waals surface area contributed by atoms with Crippen LogP contribution in [0.3, 0.4) is 0 Å². The van der Waals surface area contributed by atoms with Gasteiger partial charge in [-0.25, -0.2) is 4.90 Å². The van der Waals surface area contributed by atoms with E-state index in [-0.39, 0.29) is 0 Å². The number of benzene rings is 2. The van der Waals surface area contributed by atoms with Crippen LogP contribution < -0.4 is 9.47 Å². The fourth-order valence-corrected chi connectivity index (χ4v) is 3.24. The van der Waals surface area contributed by atoms with Crippen LogP contribution >= 0.6 is 11.6 Å². The Kier molecular flexibility index (Phi) is 4.03. The van der Waals surface area contributed by atoms with E-state index in [1.807, 2.05) is 24.3 Å². The van der Waals surface area contributed by atoms with Gasteiger partial charge in [0.2, 0.25) is 0 Å². The van der Waals surface area contributed by atoms with Crippen LogP contribution in [0.2, 0.25) is 5.02 Å². The maximum Gasteiger partial charge on any atom is 0.462 e. The zero-order valence-electron chi connectivity index (χ0n) is 13.7. The number of hydrogen-bond donors (Lipinski definition) is 0. The van der Waals surface area contributed by atoms with Crippen molar-refractivity contribution in [1.29, 1.82) is 0 Å². The smallest absolute Gasteiger partial charge is 0.387 e. The van der Waals surface area contributed by atoms with Crippen molar-refractivity contribution in [3.8, 4) is 17.0 Å². The summed E-state index contributed by atoms with van der Waals surface area (Å²) in [5, 5.41) is 0.733. The Labute approximate surface area is 147 Å². The first-order valence-electron chi connectivity index (χ1n) is 8.34. The number of anilines is 1. The summed E-state index contributed by atoms with van der Waals surface area (Å²) < 4.78 is 8.40. The van der Waals surface area contributed by atoms with Gasteiger partial charge in [0.25, 0.3) is 0 Å². The number of nitrogens with zero attached hydrogens (tertiary/aromatic N) is 2. The minimum absolute atomic E-state index is 0.733. The molecule has 3 nitrogen and oxygen atoms in total. The normalized spacial score (nSPS) is 14.3. The Morgan fingerprint density at radius 1 is 0.958 bits per heavy atom. The van der Waals surface area contributed by atoms with Gasteiger partial charge in [-0.1, -0.05) is 29.3 Å². The molecular formula is C20H20ClN2O+. The highest BCUT2D eigenvalue weighted by molar-refractivity contribution is 6.30. The van der Waals surface area contributed by atoms with Gasteiger partial charge in [0.1, 0.15) is 11.9 Å². The zero-order chi connectivity index (χ0) is 16.5. The SMILES string of the molecule is Cc1ccc(-[n+]2cc(-c3ccc(Cl)cc3)oc2N2CCCC2)cc1. The molecule has 0 bridgehead atoms. The van der Waals surface area contributed by atoms with Gasteiger partial charge in [-0.15, -0.1) is 0 Å². The number of halogens is 1. The average Bonchev–Trinajstić information content (AvgIpc) is 3.25. The van der Waals surface area contributed by atoms with Crippen LogP contribution in [0.15, 0.2) is 59.1 Å². The van der Waals surface area contributed by atoms with E-state index in [0.29, 0.717) is 0 Å². The summed E-state index contributed by atoms with van der Waals surface area (Å²) in [5.41, 5.74) is 3.40. The molecule has 1 aliphatic rings. The lowest BCUT2D eigenvalue weighted by Crippen LogP contribution is -2.36. The van der Waals surface area contributed by atoms with E-state index in [4.69, 9.17) is 16.0 Å². The van der Waals surface area contributed by atoms with Gasteiger partial charge in [0.15, 0.2) is 5.76 Å². The Hall–Kier alpha value is -2.26. The molecule has 0 atom stereocenters. The fraction of sp³-hybridized carbons (Fsp3) is 0.250. The molecule has 0 N–H and O–H groups in total. The highest BCUT2D eigenvalue weighted by Gasteiger charge is 2.30. The van der Waals surface area contributed by atoms with Gasteiger partial charge in [0, 0.05) is 10.6 Å². The van der Waals surface area contributed by atoms with Gasteiger partial charge in [-0.05, 0) is 56.2 Å². The molecule has 2 aromatic carbocycles. The maximum atomic E-state index is 6.26. The van der Waals surface area contributed by atoms with Crippen molar-refractivity contribution in [2.45, 2.75) is 19.8 Å². The van der Waals surface area contributed by atoms with Crippen LogP contribution in [0, 0.1) is 6.92 Å². The van der Waals surface area contributed by atoms with Crippen molar-refractivity contribution in [2.75, 3.05) is 18.0 Å². The lowest BCUT2D eigenvalue weighted by molar-refractivity contribution is -0.584. The van der Waals surface area contributed by atoms with E-state index in [1.54, 1.807) is 0 Å². The van der Waals surface area contributed by atoms with E-state index in [9.17, 15) is 0 Å². The Morgan fingerprint density at radius 2 is 1.62 bits per heavy atom. The Balaban J connectivity index is 1.80. The molecule has 2 heterocycles. The lowest BCUT2D eigenvalue weighted by atomic mass is 10.2. The highest BCUT2D eigenvalue weighted by Crippen LogP contribution is 2.27. The van der Waals surface area contributed by atoms with Crippen molar-refractivity contribution in [1.82, 2.24) is 0 Å². The van der Waals surface area contributed by atoms with Gasteiger partial charge in [-0.3, -0.25) is 0 Å². The van der Waals surface area contributed by atoms with Crippen molar-refractivity contribution in [3.63, 3.8) is 0 Å². The molecule has 0 amide bonds. The van der Waals surface area contributed by atoms with E-state index < -0.39 is 0 Å². The molecule has 1 aliphatic heterocycles. The second-order valence-corrected chi connectivity index (χ2v) is 6.72. The van der Waals surface area contributed by atoms with Gasteiger partial charge in [0.05, 0.1) is 13.1 Å². The van der Waals surface area contributed by atoms with Crippen LogP contribution in [0.1, 0.15) is 18.4 Å². The number of hydrogen-bond acceptors (Lipinski definition) is 2. The maximum absolute atomic E-state index is 6.26. The van der Waals surface area contributed by atoms with Crippen LogP contribution in [-0.4, -0.2) is 13.1 Å².